The van der Waals surface area contributed by atoms with Crippen LogP contribution in [0.3, 0.4) is 0 Å². The van der Waals surface area contributed by atoms with Crippen molar-refractivity contribution in [2.75, 3.05) is 0 Å². The molecular formula is C21H17NO2. The number of aryl methyl sites for hydroxylation is 1. The first-order valence-electron chi connectivity index (χ1n) is 8.07. The van der Waals surface area contributed by atoms with Crippen molar-refractivity contribution in [3.8, 4) is 11.1 Å². The van der Waals surface area contributed by atoms with E-state index in [1.54, 1.807) is 0 Å². The summed E-state index contributed by atoms with van der Waals surface area (Å²) in [7, 11) is 0. The molecule has 0 aromatic heterocycles. The van der Waals surface area contributed by atoms with Crippen molar-refractivity contribution in [3.05, 3.63) is 98.6 Å². The first-order valence-corrected chi connectivity index (χ1v) is 8.07. The Bertz CT molecular complexity index is 960. The van der Waals surface area contributed by atoms with E-state index in [0.29, 0.717) is 6.42 Å². The second kappa shape index (κ2) is 5.60. The fourth-order valence-corrected chi connectivity index (χ4v) is 3.64. The Hall–Kier alpha value is -2.94. The lowest BCUT2D eigenvalue weighted by atomic mass is 9.83. The van der Waals surface area contributed by atoms with Crippen molar-refractivity contribution in [3.63, 3.8) is 0 Å². The highest BCUT2D eigenvalue weighted by Crippen LogP contribution is 2.40. The number of hydrogen-bond acceptors (Lipinski definition) is 2. The van der Waals surface area contributed by atoms with Gasteiger partial charge in [-0.2, -0.15) is 0 Å². The zero-order chi connectivity index (χ0) is 16.7. The third-order valence-electron chi connectivity index (χ3n) is 4.86. The second-order valence-electron chi connectivity index (χ2n) is 6.29. The van der Waals surface area contributed by atoms with Gasteiger partial charge in [-0.05, 0) is 47.2 Å². The van der Waals surface area contributed by atoms with E-state index in [-0.39, 0.29) is 10.6 Å². The summed E-state index contributed by atoms with van der Waals surface area (Å²) < 4.78 is 0. The van der Waals surface area contributed by atoms with Gasteiger partial charge in [0.05, 0.1) is 10.5 Å². The molecular weight excluding hydrogens is 298 g/mol. The van der Waals surface area contributed by atoms with Crippen molar-refractivity contribution in [2.24, 2.45) is 0 Å². The van der Waals surface area contributed by atoms with Gasteiger partial charge < -0.3 is 0 Å². The van der Waals surface area contributed by atoms with Gasteiger partial charge in [0.1, 0.15) is 0 Å². The Morgan fingerprint density at radius 1 is 0.792 bits per heavy atom. The first-order chi connectivity index (χ1) is 11.6. The summed E-state index contributed by atoms with van der Waals surface area (Å²) in [6.07, 6.45) is 1.39. The minimum atomic E-state index is -0.214. The number of nitro benzene ring substituents is 1. The average Bonchev–Trinajstić information content (AvgIpc) is 2.59. The van der Waals surface area contributed by atoms with E-state index in [2.05, 4.69) is 18.2 Å². The van der Waals surface area contributed by atoms with Crippen LogP contribution in [0, 0.1) is 17.0 Å². The molecule has 0 saturated heterocycles. The van der Waals surface area contributed by atoms with E-state index in [0.717, 1.165) is 34.2 Å². The maximum atomic E-state index is 11.9. The van der Waals surface area contributed by atoms with Crippen LogP contribution in [0.4, 0.5) is 5.69 Å². The summed E-state index contributed by atoms with van der Waals surface area (Å²) in [5.74, 6) is 0. The van der Waals surface area contributed by atoms with Crippen LogP contribution < -0.4 is 0 Å². The van der Waals surface area contributed by atoms with E-state index in [9.17, 15) is 10.1 Å². The summed E-state index contributed by atoms with van der Waals surface area (Å²) >= 11 is 0. The van der Waals surface area contributed by atoms with Crippen molar-refractivity contribution in [1.29, 1.82) is 0 Å². The molecule has 4 rings (SSSR count). The van der Waals surface area contributed by atoms with Crippen molar-refractivity contribution in [2.45, 2.75) is 19.8 Å². The van der Waals surface area contributed by atoms with Gasteiger partial charge in [0, 0.05) is 12.0 Å². The smallest absolute Gasteiger partial charge is 0.258 e. The number of benzene rings is 3. The summed E-state index contributed by atoms with van der Waals surface area (Å²) in [4.78, 5) is 11.7. The van der Waals surface area contributed by atoms with Gasteiger partial charge in [0.2, 0.25) is 0 Å². The van der Waals surface area contributed by atoms with Crippen LogP contribution >= 0.6 is 0 Å². The van der Waals surface area contributed by atoms with Gasteiger partial charge in [-0.25, -0.2) is 0 Å². The molecule has 0 atom stereocenters. The van der Waals surface area contributed by atoms with Crippen molar-refractivity contribution >= 4 is 5.69 Å². The van der Waals surface area contributed by atoms with Crippen LogP contribution in [0.5, 0.6) is 0 Å². The third-order valence-corrected chi connectivity index (χ3v) is 4.86. The standard InChI is InChI=1S/C21H17NO2/c1-14-6-2-5-9-18(14)19-11-10-17-12-15-7-3-4-8-16(15)13-20(17)21(19)22(23)24/h2-11H,12-13H2,1H3. The Kier molecular flexibility index (Phi) is 3.42. The molecule has 0 fully saturated rings. The van der Waals surface area contributed by atoms with E-state index in [4.69, 9.17) is 0 Å². The zero-order valence-corrected chi connectivity index (χ0v) is 13.5. The SMILES string of the molecule is Cc1ccccc1-c1ccc2c(c1[N+](=O)[O-])Cc1ccccc1C2. The van der Waals surface area contributed by atoms with E-state index < -0.39 is 0 Å². The summed E-state index contributed by atoms with van der Waals surface area (Å²) in [6.45, 7) is 1.99. The normalized spacial score (nSPS) is 12.4. The molecule has 0 aliphatic heterocycles. The van der Waals surface area contributed by atoms with Crippen LogP contribution in [0.15, 0.2) is 60.7 Å². The molecule has 0 amide bonds. The molecule has 118 valence electrons. The highest BCUT2D eigenvalue weighted by molar-refractivity contribution is 5.79. The molecule has 0 radical (unpaired) electrons. The molecule has 0 bridgehead atoms. The second-order valence-corrected chi connectivity index (χ2v) is 6.29. The Morgan fingerprint density at radius 3 is 2.17 bits per heavy atom. The van der Waals surface area contributed by atoms with Gasteiger partial charge in [-0.3, -0.25) is 10.1 Å². The monoisotopic (exact) mass is 315 g/mol. The van der Waals surface area contributed by atoms with Gasteiger partial charge in [0.25, 0.3) is 5.69 Å². The lowest BCUT2D eigenvalue weighted by Gasteiger charge is -2.21. The molecule has 0 N–H and O–H groups in total. The van der Waals surface area contributed by atoms with Crippen LogP contribution in [0.2, 0.25) is 0 Å². The van der Waals surface area contributed by atoms with Gasteiger partial charge in [0.15, 0.2) is 0 Å². The number of nitrogens with zero attached hydrogens (tertiary/aromatic N) is 1. The van der Waals surface area contributed by atoms with Gasteiger partial charge >= 0.3 is 0 Å². The minimum absolute atomic E-state index is 0.214. The maximum Gasteiger partial charge on any atom is 0.280 e. The van der Waals surface area contributed by atoms with Crippen LogP contribution in [0.25, 0.3) is 11.1 Å². The molecule has 3 aromatic carbocycles. The molecule has 0 saturated carbocycles. The molecule has 1 aliphatic rings. The first kappa shape index (κ1) is 14.6. The zero-order valence-electron chi connectivity index (χ0n) is 13.5. The number of hydrogen-bond donors (Lipinski definition) is 0. The Labute approximate surface area is 140 Å². The lowest BCUT2D eigenvalue weighted by molar-refractivity contribution is -0.384. The third kappa shape index (κ3) is 2.29. The summed E-state index contributed by atoms with van der Waals surface area (Å²) in [6, 6.07) is 20.0. The molecule has 3 nitrogen and oxygen atoms in total. The summed E-state index contributed by atoms with van der Waals surface area (Å²) in [5.41, 5.74) is 7.35. The van der Waals surface area contributed by atoms with E-state index in [1.807, 2.05) is 49.4 Å². The Morgan fingerprint density at radius 2 is 1.46 bits per heavy atom. The minimum Gasteiger partial charge on any atom is -0.258 e. The highest BCUT2D eigenvalue weighted by atomic mass is 16.6. The highest BCUT2D eigenvalue weighted by Gasteiger charge is 2.27. The van der Waals surface area contributed by atoms with Crippen LogP contribution in [-0.4, -0.2) is 4.92 Å². The van der Waals surface area contributed by atoms with Crippen LogP contribution in [-0.2, 0) is 12.8 Å². The topological polar surface area (TPSA) is 43.1 Å². The van der Waals surface area contributed by atoms with Crippen molar-refractivity contribution in [1.82, 2.24) is 0 Å². The molecule has 1 aliphatic carbocycles. The molecule has 0 unspecified atom stereocenters. The predicted molar refractivity (Wildman–Crippen MR) is 95.3 cm³/mol. The number of nitro groups is 1. The van der Waals surface area contributed by atoms with Gasteiger partial charge in [-0.1, -0.05) is 54.6 Å². The average molecular weight is 315 g/mol. The summed E-state index contributed by atoms with van der Waals surface area (Å²) in [5, 5.41) is 11.9. The number of rotatable bonds is 2. The largest absolute Gasteiger partial charge is 0.280 e. The fourth-order valence-electron chi connectivity index (χ4n) is 3.64. The lowest BCUT2D eigenvalue weighted by Crippen LogP contribution is -2.10. The number of fused-ring (bicyclic) bond motifs is 2. The van der Waals surface area contributed by atoms with E-state index >= 15 is 0 Å². The molecule has 3 aromatic rings. The molecule has 0 spiro atoms. The van der Waals surface area contributed by atoms with Crippen molar-refractivity contribution < 1.29 is 4.92 Å². The molecule has 0 heterocycles. The maximum absolute atomic E-state index is 11.9. The predicted octanol–water partition coefficient (Wildman–Crippen LogP) is 5.07. The quantitative estimate of drug-likeness (QED) is 0.383. The molecule has 24 heavy (non-hydrogen) atoms. The van der Waals surface area contributed by atoms with Gasteiger partial charge in [-0.15, -0.1) is 0 Å². The Balaban J connectivity index is 1.94. The van der Waals surface area contributed by atoms with E-state index in [1.165, 1.54) is 11.1 Å². The fraction of sp³-hybridized carbons (Fsp3) is 0.143. The van der Waals surface area contributed by atoms with Crippen LogP contribution in [0.1, 0.15) is 27.8 Å². The molecule has 3 heteroatoms.